The molecule has 3 nitrogen and oxygen atoms in total. The number of anilines is 1. The summed E-state index contributed by atoms with van der Waals surface area (Å²) in [5.41, 5.74) is 3.19. The molecule has 4 heteroatoms. The normalized spacial score (nSPS) is 10.8. The van der Waals surface area contributed by atoms with E-state index >= 15 is 0 Å². The Kier molecular flexibility index (Phi) is 3.05. The highest BCUT2D eigenvalue weighted by Crippen LogP contribution is 2.23. The third-order valence-corrected chi connectivity index (χ3v) is 3.31. The molecule has 3 aromatic rings. The number of benzene rings is 2. The van der Waals surface area contributed by atoms with Gasteiger partial charge in [-0.3, -0.25) is 0 Å². The first-order chi connectivity index (χ1) is 9.22. The Bertz CT molecular complexity index is 704. The molecule has 0 bridgehead atoms. The number of rotatable bonds is 3. The molecule has 96 valence electrons. The van der Waals surface area contributed by atoms with Gasteiger partial charge < -0.3 is 15.4 Å². The van der Waals surface area contributed by atoms with E-state index in [0.717, 1.165) is 21.6 Å². The van der Waals surface area contributed by atoms with Crippen LogP contribution in [0.25, 0.3) is 10.9 Å². The summed E-state index contributed by atoms with van der Waals surface area (Å²) in [5, 5.41) is 14.4. The van der Waals surface area contributed by atoms with Crippen molar-refractivity contribution in [1.29, 1.82) is 0 Å². The second kappa shape index (κ2) is 4.86. The highest BCUT2D eigenvalue weighted by molar-refractivity contribution is 6.31. The van der Waals surface area contributed by atoms with Crippen molar-refractivity contribution in [2.45, 2.75) is 6.54 Å². The van der Waals surface area contributed by atoms with Crippen LogP contribution in [0.2, 0.25) is 5.02 Å². The summed E-state index contributed by atoms with van der Waals surface area (Å²) < 4.78 is 0. The maximum atomic E-state index is 9.23. The van der Waals surface area contributed by atoms with E-state index in [-0.39, 0.29) is 5.75 Å². The molecule has 0 saturated heterocycles. The topological polar surface area (TPSA) is 48.0 Å². The van der Waals surface area contributed by atoms with Gasteiger partial charge >= 0.3 is 0 Å². The number of nitrogens with one attached hydrogen (secondary N) is 2. The maximum Gasteiger partial charge on any atom is 0.115 e. The summed E-state index contributed by atoms with van der Waals surface area (Å²) in [6.07, 6.45) is 1.98. The Morgan fingerprint density at radius 3 is 2.68 bits per heavy atom. The average Bonchev–Trinajstić information content (AvgIpc) is 2.80. The van der Waals surface area contributed by atoms with Crippen molar-refractivity contribution < 1.29 is 5.11 Å². The van der Waals surface area contributed by atoms with E-state index < -0.39 is 0 Å². The molecule has 0 fully saturated rings. The van der Waals surface area contributed by atoms with Crippen molar-refractivity contribution in [3.8, 4) is 5.75 Å². The highest BCUT2D eigenvalue weighted by atomic mass is 35.5. The standard InChI is InChI=1S/C15H13ClN2O/c16-11-1-6-14-10(9-18-15(14)7-11)8-17-12-2-4-13(19)5-3-12/h1-7,9,17-19H,8H2. The molecule has 19 heavy (non-hydrogen) atoms. The summed E-state index contributed by atoms with van der Waals surface area (Å²) in [4.78, 5) is 3.21. The Hall–Kier alpha value is -2.13. The van der Waals surface area contributed by atoms with Crippen molar-refractivity contribution in [2.24, 2.45) is 0 Å². The second-order valence-corrected chi connectivity index (χ2v) is 4.84. The van der Waals surface area contributed by atoms with Gasteiger partial charge in [0.05, 0.1) is 0 Å². The first-order valence-corrected chi connectivity index (χ1v) is 6.38. The van der Waals surface area contributed by atoms with Gasteiger partial charge in [-0.25, -0.2) is 0 Å². The summed E-state index contributed by atoms with van der Waals surface area (Å²) in [6, 6.07) is 12.8. The lowest BCUT2D eigenvalue weighted by molar-refractivity contribution is 0.475. The van der Waals surface area contributed by atoms with Gasteiger partial charge in [0, 0.05) is 34.4 Å². The summed E-state index contributed by atoms with van der Waals surface area (Å²) >= 11 is 5.96. The summed E-state index contributed by atoms with van der Waals surface area (Å²) in [5.74, 6) is 0.271. The maximum absolute atomic E-state index is 9.23. The average molecular weight is 273 g/mol. The summed E-state index contributed by atoms with van der Waals surface area (Å²) in [6.45, 7) is 0.715. The van der Waals surface area contributed by atoms with Gasteiger partial charge in [-0.1, -0.05) is 17.7 Å². The fourth-order valence-corrected chi connectivity index (χ4v) is 2.25. The minimum atomic E-state index is 0.271. The molecule has 0 amide bonds. The van der Waals surface area contributed by atoms with E-state index in [9.17, 15) is 5.11 Å². The number of hydrogen-bond acceptors (Lipinski definition) is 2. The lowest BCUT2D eigenvalue weighted by atomic mass is 10.1. The zero-order valence-corrected chi connectivity index (χ0v) is 10.9. The predicted molar refractivity (Wildman–Crippen MR) is 78.7 cm³/mol. The molecule has 0 aliphatic heterocycles. The number of phenolic OH excluding ortho intramolecular Hbond substituents is 1. The smallest absolute Gasteiger partial charge is 0.115 e. The number of halogens is 1. The number of phenols is 1. The van der Waals surface area contributed by atoms with E-state index in [1.165, 1.54) is 5.56 Å². The van der Waals surface area contributed by atoms with Crippen LogP contribution in [-0.2, 0) is 6.54 Å². The lowest BCUT2D eigenvalue weighted by Gasteiger charge is -2.05. The first-order valence-electron chi connectivity index (χ1n) is 6.01. The quantitative estimate of drug-likeness (QED) is 0.628. The number of aromatic hydroxyl groups is 1. The van der Waals surface area contributed by atoms with Crippen molar-refractivity contribution >= 4 is 28.2 Å². The SMILES string of the molecule is Oc1ccc(NCc2c[nH]c3cc(Cl)ccc23)cc1. The Morgan fingerprint density at radius 1 is 1.11 bits per heavy atom. The van der Waals surface area contributed by atoms with Crippen LogP contribution in [0.4, 0.5) is 5.69 Å². The van der Waals surface area contributed by atoms with Crippen molar-refractivity contribution in [3.05, 3.63) is 59.2 Å². The molecule has 0 aliphatic carbocycles. The lowest BCUT2D eigenvalue weighted by Crippen LogP contribution is -1.98. The number of fused-ring (bicyclic) bond motifs is 1. The van der Waals surface area contributed by atoms with E-state index in [0.29, 0.717) is 6.54 Å². The van der Waals surface area contributed by atoms with Crippen molar-refractivity contribution in [1.82, 2.24) is 4.98 Å². The largest absolute Gasteiger partial charge is 0.508 e. The van der Waals surface area contributed by atoms with E-state index in [4.69, 9.17) is 11.6 Å². The molecule has 0 aliphatic rings. The van der Waals surface area contributed by atoms with E-state index in [1.807, 2.05) is 36.5 Å². The fourth-order valence-electron chi connectivity index (χ4n) is 2.08. The van der Waals surface area contributed by atoms with Crippen LogP contribution in [0.3, 0.4) is 0 Å². The monoisotopic (exact) mass is 272 g/mol. The minimum absolute atomic E-state index is 0.271. The van der Waals surface area contributed by atoms with Gasteiger partial charge in [0.25, 0.3) is 0 Å². The zero-order valence-electron chi connectivity index (χ0n) is 10.2. The number of aromatic amines is 1. The van der Waals surface area contributed by atoms with Crippen molar-refractivity contribution in [2.75, 3.05) is 5.32 Å². The first kappa shape index (κ1) is 11.9. The number of aromatic nitrogens is 1. The van der Waals surface area contributed by atoms with Crippen LogP contribution in [0, 0.1) is 0 Å². The minimum Gasteiger partial charge on any atom is -0.508 e. The van der Waals surface area contributed by atoms with Crippen molar-refractivity contribution in [3.63, 3.8) is 0 Å². The van der Waals surface area contributed by atoms with Gasteiger partial charge in [0.15, 0.2) is 0 Å². The molecule has 2 aromatic carbocycles. The van der Waals surface area contributed by atoms with Gasteiger partial charge in [0.2, 0.25) is 0 Å². The van der Waals surface area contributed by atoms with Gasteiger partial charge in [0.1, 0.15) is 5.75 Å². The highest BCUT2D eigenvalue weighted by Gasteiger charge is 2.04. The molecular formula is C15H13ClN2O. The van der Waals surface area contributed by atoms with Gasteiger partial charge in [-0.05, 0) is 42.0 Å². The van der Waals surface area contributed by atoms with Crippen LogP contribution in [0.15, 0.2) is 48.7 Å². The van der Waals surface area contributed by atoms with Crippen LogP contribution in [0.1, 0.15) is 5.56 Å². The molecular weight excluding hydrogens is 260 g/mol. The van der Waals surface area contributed by atoms with Crippen LogP contribution in [-0.4, -0.2) is 10.1 Å². The molecule has 0 atom stereocenters. The predicted octanol–water partition coefficient (Wildman–Crippen LogP) is 4.14. The molecule has 1 aromatic heterocycles. The van der Waals surface area contributed by atoms with E-state index in [1.54, 1.807) is 12.1 Å². The van der Waals surface area contributed by atoms with Crippen LogP contribution in [0.5, 0.6) is 5.75 Å². The molecule has 0 saturated carbocycles. The van der Waals surface area contributed by atoms with Gasteiger partial charge in [-0.2, -0.15) is 0 Å². The molecule has 0 spiro atoms. The molecule has 3 N–H and O–H groups in total. The van der Waals surface area contributed by atoms with Crippen LogP contribution < -0.4 is 5.32 Å². The Balaban J connectivity index is 1.80. The molecule has 3 rings (SSSR count). The fraction of sp³-hybridized carbons (Fsp3) is 0.0667. The van der Waals surface area contributed by atoms with E-state index in [2.05, 4.69) is 10.3 Å². The van der Waals surface area contributed by atoms with Gasteiger partial charge in [-0.15, -0.1) is 0 Å². The molecule has 1 heterocycles. The second-order valence-electron chi connectivity index (χ2n) is 4.40. The third kappa shape index (κ3) is 2.51. The Morgan fingerprint density at radius 2 is 1.89 bits per heavy atom. The number of H-pyrrole nitrogens is 1. The summed E-state index contributed by atoms with van der Waals surface area (Å²) in [7, 11) is 0. The van der Waals surface area contributed by atoms with Crippen LogP contribution >= 0.6 is 11.6 Å². The third-order valence-electron chi connectivity index (χ3n) is 3.08. The Labute approximate surface area is 115 Å². The zero-order chi connectivity index (χ0) is 13.2. The molecule has 0 unspecified atom stereocenters. The number of hydrogen-bond donors (Lipinski definition) is 3. The molecule has 0 radical (unpaired) electrons.